The first-order valence-corrected chi connectivity index (χ1v) is 7.76. The molecule has 0 radical (unpaired) electrons. The van der Waals surface area contributed by atoms with Crippen LogP contribution in [0.4, 0.5) is 5.69 Å². The summed E-state index contributed by atoms with van der Waals surface area (Å²) in [6, 6.07) is 6.57. The second-order valence-electron chi connectivity index (χ2n) is 5.72. The highest BCUT2D eigenvalue weighted by atomic mass is 16.1. The highest BCUT2D eigenvalue weighted by Crippen LogP contribution is 2.26. The number of hydrogen-bond donors (Lipinski definition) is 1. The number of nitrogens with zero attached hydrogens (tertiary/aromatic N) is 1. The van der Waals surface area contributed by atoms with E-state index in [-0.39, 0.29) is 11.8 Å². The van der Waals surface area contributed by atoms with E-state index in [1.54, 1.807) is 0 Å². The fourth-order valence-corrected chi connectivity index (χ4v) is 2.94. The lowest BCUT2D eigenvalue weighted by Crippen LogP contribution is -2.30. The Morgan fingerprint density at radius 1 is 1.35 bits per heavy atom. The molecular formula is C17H26N2O. The van der Waals surface area contributed by atoms with E-state index in [9.17, 15) is 4.79 Å². The molecule has 3 nitrogen and oxygen atoms in total. The number of hydrogen-bond acceptors (Lipinski definition) is 2. The number of nitrogens with one attached hydrogen (secondary N) is 1. The van der Waals surface area contributed by atoms with Gasteiger partial charge in [-0.25, -0.2) is 0 Å². The first-order valence-electron chi connectivity index (χ1n) is 7.76. The number of rotatable bonds is 5. The van der Waals surface area contributed by atoms with E-state index in [2.05, 4.69) is 49.3 Å². The Kier molecular flexibility index (Phi) is 5.05. The molecule has 0 aromatic heterocycles. The predicted octanol–water partition coefficient (Wildman–Crippen LogP) is 3.12. The third kappa shape index (κ3) is 3.33. The van der Waals surface area contributed by atoms with Crippen LogP contribution in [-0.2, 0) is 17.8 Å². The predicted molar refractivity (Wildman–Crippen MR) is 84.0 cm³/mol. The van der Waals surface area contributed by atoms with Crippen LogP contribution in [-0.4, -0.2) is 19.5 Å². The van der Waals surface area contributed by atoms with Crippen LogP contribution in [0.25, 0.3) is 0 Å². The van der Waals surface area contributed by atoms with Crippen LogP contribution in [0.2, 0.25) is 0 Å². The second-order valence-corrected chi connectivity index (χ2v) is 5.72. The standard InChI is InChI=1S/C17H26N2O/c1-4-14(5-2)17(20)18-12-13-8-9-16-15(11-13)7-6-10-19(16)3/h8-9,11,14H,4-7,10,12H2,1-3H3,(H,18,20). The summed E-state index contributed by atoms with van der Waals surface area (Å²) in [6.07, 6.45) is 4.19. The normalized spacial score (nSPS) is 14.3. The number of benzene rings is 1. The van der Waals surface area contributed by atoms with Gasteiger partial charge < -0.3 is 10.2 Å². The van der Waals surface area contributed by atoms with Gasteiger partial charge in [0.05, 0.1) is 0 Å². The molecule has 0 unspecified atom stereocenters. The molecule has 2 rings (SSSR count). The van der Waals surface area contributed by atoms with Gasteiger partial charge in [0.2, 0.25) is 5.91 Å². The van der Waals surface area contributed by atoms with Crippen LogP contribution in [0.5, 0.6) is 0 Å². The molecule has 110 valence electrons. The smallest absolute Gasteiger partial charge is 0.223 e. The van der Waals surface area contributed by atoms with Crippen molar-refractivity contribution in [1.82, 2.24) is 5.32 Å². The molecule has 0 spiro atoms. The molecular weight excluding hydrogens is 248 g/mol. The molecule has 0 saturated heterocycles. The third-order valence-corrected chi connectivity index (χ3v) is 4.32. The first kappa shape index (κ1) is 14.9. The lowest BCUT2D eigenvalue weighted by Gasteiger charge is -2.28. The van der Waals surface area contributed by atoms with E-state index >= 15 is 0 Å². The van der Waals surface area contributed by atoms with Crippen molar-refractivity contribution >= 4 is 11.6 Å². The Balaban J connectivity index is 1.99. The van der Waals surface area contributed by atoms with Gasteiger partial charge in [-0.3, -0.25) is 4.79 Å². The summed E-state index contributed by atoms with van der Waals surface area (Å²) in [4.78, 5) is 14.3. The minimum Gasteiger partial charge on any atom is -0.374 e. The molecule has 0 atom stereocenters. The summed E-state index contributed by atoms with van der Waals surface area (Å²) in [5.41, 5.74) is 3.96. The van der Waals surface area contributed by atoms with Crippen molar-refractivity contribution in [3.63, 3.8) is 0 Å². The summed E-state index contributed by atoms with van der Waals surface area (Å²) >= 11 is 0. The van der Waals surface area contributed by atoms with Crippen molar-refractivity contribution in [3.8, 4) is 0 Å². The lowest BCUT2D eigenvalue weighted by molar-refractivity contribution is -0.125. The number of amides is 1. The second kappa shape index (κ2) is 6.78. The molecule has 1 heterocycles. The maximum Gasteiger partial charge on any atom is 0.223 e. The van der Waals surface area contributed by atoms with Crippen molar-refractivity contribution < 1.29 is 4.79 Å². The lowest BCUT2D eigenvalue weighted by atomic mass is 9.99. The molecule has 0 bridgehead atoms. The van der Waals surface area contributed by atoms with E-state index in [0.717, 1.165) is 25.8 Å². The van der Waals surface area contributed by atoms with Crippen LogP contribution in [0.3, 0.4) is 0 Å². The van der Waals surface area contributed by atoms with Gasteiger partial charge in [-0.05, 0) is 42.9 Å². The van der Waals surface area contributed by atoms with Crippen molar-refractivity contribution in [2.75, 3.05) is 18.5 Å². The molecule has 0 fully saturated rings. The van der Waals surface area contributed by atoms with Crippen molar-refractivity contribution in [2.24, 2.45) is 5.92 Å². The highest BCUT2D eigenvalue weighted by Gasteiger charge is 2.15. The van der Waals surface area contributed by atoms with E-state index in [4.69, 9.17) is 0 Å². The summed E-state index contributed by atoms with van der Waals surface area (Å²) in [5, 5.41) is 3.07. The Morgan fingerprint density at radius 2 is 2.10 bits per heavy atom. The largest absolute Gasteiger partial charge is 0.374 e. The topological polar surface area (TPSA) is 32.3 Å². The van der Waals surface area contributed by atoms with Gasteiger partial charge in [-0.1, -0.05) is 26.0 Å². The summed E-state index contributed by atoms with van der Waals surface area (Å²) < 4.78 is 0. The van der Waals surface area contributed by atoms with Crippen molar-refractivity contribution in [2.45, 2.75) is 46.1 Å². The van der Waals surface area contributed by atoms with Crippen LogP contribution in [0, 0.1) is 5.92 Å². The van der Waals surface area contributed by atoms with Crippen LogP contribution in [0.15, 0.2) is 18.2 Å². The molecule has 1 amide bonds. The maximum absolute atomic E-state index is 12.0. The molecule has 0 saturated carbocycles. The quantitative estimate of drug-likeness (QED) is 0.894. The van der Waals surface area contributed by atoms with E-state index < -0.39 is 0 Å². The molecule has 0 aliphatic carbocycles. The van der Waals surface area contributed by atoms with Gasteiger partial charge in [0.25, 0.3) is 0 Å². The molecule has 1 aromatic carbocycles. The maximum atomic E-state index is 12.0. The number of anilines is 1. The monoisotopic (exact) mass is 274 g/mol. The highest BCUT2D eigenvalue weighted by molar-refractivity contribution is 5.78. The van der Waals surface area contributed by atoms with Crippen LogP contribution < -0.4 is 10.2 Å². The minimum atomic E-state index is 0.152. The van der Waals surface area contributed by atoms with E-state index in [1.165, 1.54) is 23.2 Å². The molecule has 1 N–H and O–H groups in total. The van der Waals surface area contributed by atoms with E-state index in [1.807, 2.05) is 0 Å². The average Bonchev–Trinajstić information content (AvgIpc) is 2.46. The SMILES string of the molecule is CCC(CC)C(=O)NCc1ccc2c(c1)CCCN2C. The number of fused-ring (bicyclic) bond motifs is 1. The molecule has 1 aliphatic rings. The molecule has 20 heavy (non-hydrogen) atoms. The number of aryl methyl sites for hydroxylation is 1. The Morgan fingerprint density at radius 3 is 2.80 bits per heavy atom. The van der Waals surface area contributed by atoms with Crippen LogP contribution >= 0.6 is 0 Å². The van der Waals surface area contributed by atoms with Gasteiger partial charge in [0, 0.05) is 31.7 Å². The zero-order valence-corrected chi connectivity index (χ0v) is 12.9. The zero-order valence-electron chi connectivity index (χ0n) is 12.9. The Hall–Kier alpha value is -1.51. The fourth-order valence-electron chi connectivity index (χ4n) is 2.94. The number of carbonyl (C=O) groups excluding carboxylic acids is 1. The average molecular weight is 274 g/mol. The molecule has 1 aromatic rings. The van der Waals surface area contributed by atoms with Gasteiger partial charge >= 0.3 is 0 Å². The van der Waals surface area contributed by atoms with Crippen LogP contribution in [0.1, 0.15) is 44.2 Å². The Bertz CT molecular complexity index is 466. The van der Waals surface area contributed by atoms with Gasteiger partial charge in [-0.15, -0.1) is 0 Å². The summed E-state index contributed by atoms with van der Waals surface area (Å²) in [5.74, 6) is 0.337. The zero-order chi connectivity index (χ0) is 14.5. The minimum absolute atomic E-state index is 0.152. The van der Waals surface area contributed by atoms with Crippen molar-refractivity contribution in [1.29, 1.82) is 0 Å². The van der Waals surface area contributed by atoms with Gasteiger partial charge in [0.1, 0.15) is 0 Å². The van der Waals surface area contributed by atoms with E-state index in [0.29, 0.717) is 6.54 Å². The molecule has 3 heteroatoms. The first-order chi connectivity index (χ1) is 9.65. The Labute approximate surface area is 122 Å². The van der Waals surface area contributed by atoms with Gasteiger partial charge in [-0.2, -0.15) is 0 Å². The fraction of sp³-hybridized carbons (Fsp3) is 0.588. The van der Waals surface area contributed by atoms with Gasteiger partial charge in [0.15, 0.2) is 0 Å². The summed E-state index contributed by atoms with van der Waals surface area (Å²) in [6.45, 7) is 5.93. The van der Waals surface area contributed by atoms with Crippen molar-refractivity contribution in [3.05, 3.63) is 29.3 Å². The number of carbonyl (C=O) groups is 1. The molecule has 1 aliphatic heterocycles. The third-order valence-electron chi connectivity index (χ3n) is 4.32. The summed E-state index contributed by atoms with van der Waals surface area (Å²) in [7, 11) is 2.15.